The monoisotopic (exact) mass is 376 g/mol. The van der Waals surface area contributed by atoms with Crippen molar-refractivity contribution >= 4 is 10.0 Å². The number of nitrogens with two attached hydrogens (primary N) is 1. The molecule has 8 heteroatoms. The highest BCUT2D eigenvalue weighted by Gasteiger charge is 2.31. The Kier molecular flexibility index (Phi) is 5.85. The average Bonchev–Trinajstić information content (AvgIpc) is 2.69. The molecule has 140 valence electrons. The third kappa shape index (κ3) is 4.20. The molecule has 26 heavy (non-hydrogen) atoms. The van der Waals surface area contributed by atoms with Crippen LogP contribution < -0.4 is 10.6 Å². The van der Waals surface area contributed by atoms with Gasteiger partial charge in [-0.15, -0.1) is 4.41 Å². The molecule has 1 aliphatic rings. The first kappa shape index (κ1) is 18.8. The van der Waals surface area contributed by atoms with Gasteiger partial charge in [0, 0.05) is 18.3 Å². The predicted octanol–water partition coefficient (Wildman–Crippen LogP) is 2.49. The van der Waals surface area contributed by atoms with E-state index < -0.39 is 15.3 Å². The van der Waals surface area contributed by atoms with Crippen molar-refractivity contribution in [1.29, 1.82) is 0 Å². The average molecular weight is 376 g/mol. The van der Waals surface area contributed by atoms with E-state index in [-0.39, 0.29) is 6.54 Å². The molecule has 0 spiro atoms. The maximum absolute atomic E-state index is 12.7. The summed E-state index contributed by atoms with van der Waals surface area (Å²) in [6.07, 6.45) is 5.96. The fraction of sp³-hybridized carbons (Fsp3) is 0.444. The second kappa shape index (κ2) is 8.11. The molecule has 0 amide bonds. The van der Waals surface area contributed by atoms with Gasteiger partial charge < -0.3 is 4.74 Å². The predicted molar refractivity (Wildman–Crippen MR) is 99.5 cm³/mol. The van der Waals surface area contributed by atoms with Crippen molar-refractivity contribution in [3.8, 4) is 17.1 Å². The highest BCUT2D eigenvalue weighted by Crippen LogP contribution is 2.27. The van der Waals surface area contributed by atoms with Gasteiger partial charge in [0.25, 0.3) is 0 Å². The van der Waals surface area contributed by atoms with Gasteiger partial charge >= 0.3 is 0 Å². The van der Waals surface area contributed by atoms with Crippen molar-refractivity contribution in [2.45, 2.75) is 43.9 Å². The molecule has 2 N–H and O–H groups in total. The summed E-state index contributed by atoms with van der Waals surface area (Å²) in [5.41, 5.74) is 1.82. The smallest absolute Gasteiger partial charge is 0.229 e. The fourth-order valence-electron chi connectivity index (χ4n) is 3.21. The lowest BCUT2D eigenvalue weighted by Crippen LogP contribution is -2.43. The summed E-state index contributed by atoms with van der Waals surface area (Å²) in [6, 6.07) is 8.99. The van der Waals surface area contributed by atoms with E-state index in [1.165, 1.54) is 0 Å². The van der Waals surface area contributed by atoms with Crippen LogP contribution in [0.1, 0.15) is 37.8 Å². The van der Waals surface area contributed by atoms with E-state index in [1.807, 2.05) is 18.2 Å². The Morgan fingerprint density at radius 2 is 1.96 bits per heavy atom. The minimum atomic E-state index is -3.54. The highest BCUT2D eigenvalue weighted by molar-refractivity contribution is 7.89. The van der Waals surface area contributed by atoms with Crippen LogP contribution in [0.5, 0.6) is 5.75 Å². The maximum atomic E-state index is 12.7. The molecule has 0 aliphatic heterocycles. The molecular formula is C18H24N4O3S. The molecule has 7 nitrogen and oxygen atoms in total. The normalized spacial score (nSPS) is 16.0. The van der Waals surface area contributed by atoms with Crippen LogP contribution in [0.2, 0.25) is 0 Å². The highest BCUT2D eigenvalue weighted by atomic mass is 32.2. The molecule has 0 radical (unpaired) electrons. The molecule has 3 rings (SSSR count). The van der Waals surface area contributed by atoms with E-state index in [0.29, 0.717) is 35.7 Å². The molecule has 0 aromatic carbocycles. The molecule has 0 saturated heterocycles. The first-order valence-electron chi connectivity index (χ1n) is 8.73. The van der Waals surface area contributed by atoms with Gasteiger partial charge in [0.2, 0.25) is 10.0 Å². The number of hydrogen-bond donors (Lipinski definition) is 1. The quantitative estimate of drug-likeness (QED) is 0.614. The zero-order chi connectivity index (χ0) is 18.6. The number of rotatable bonds is 6. The summed E-state index contributed by atoms with van der Waals surface area (Å²) >= 11 is 0. The van der Waals surface area contributed by atoms with Gasteiger partial charge in [-0.2, -0.15) is 0 Å². The lowest BCUT2D eigenvalue weighted by atomic mass is 10.0. The Labute approximate surface area is 154 Å². The van der Waals surface area contributed by atoms with E-state index in [2.05, 4.69) is 9.97 Å². The summed E-state index contributed by atoms with van der Waals surface area (Å²) < 4.78 is 31.7. The second-order valence-corrected chi connectivity index (χ2v) is 8.61. The summed E-state index contributed by atoms with van der Waals surface area (Å²) in [5.74, 6) is 6.53. The number of aromatic nitrogens is 2. The number of sulfonamides is 1. The first-order chi connectivity index (χ1) is 12.5. The van der Waals surface area contributed by atoms with E-state index in [4.69, 9.17) is 10.6 Å². The van der Waals surface area contributed by atoms with Crippen LogP contribution in [-0.4, -0.2) is 35.2 Å². The van der Waals surface area contributed by atoms with E-state index in [1.54, 1.807) is 25.4 Å². The maximum Gasteiger partial charge on any atom is 0.229 e. The summed E-state index contributed by atoms with van der Waals surface area (Å²) in [4.78, 5) is 8.81. The largest absolute Gasteiger partial charge is 0.497 e. The number of nitrogens with zero attached hydrogens (tertiary/aromatic N) is 3. The van der Waals surface area contributed by atoms with Gasteiger partial charge in [-0.3, -0.25) is 10.8 Å². The van der Waals surface area contributed by atoms with Crippen LogP contribution in [0.3, 0.4) is 0 Å². The van der Waals surface area contributed by atoms with E-state index in [0.717, 1.165) is 23.7 Å². The molecular weight excluding hydrogens is 352 g/mol. The van der Waals surface area contributed by atoms with Gasteiger partial charge in [-0.05, 0) is 25.0 Å². The van der Waals surface area contributed by atoms with Crippen LogP contribution in [0.4, 0.5) is 0 Å². The summed E-state index contributed by atoms with van der Waals surface area (Å²) in [7, 11) is -1.99. The Morgan fingerprint density at radius 3 is 2.62 bits per heavy atom. The lowest BCUT2D eigenvalue weighted by molar-refractivity contribution is 0.386. The van der Waals surface area contributed by atoms with Crippen molar-refractivity contribution < 1.29 is 13.2 Å². The van der Waals surface area contributed by atoms with Gasteiger partial charge in [-0.25, -0.2) is 13.4 Å². The zero-order valence-corrected chi connectivity index (χ0v) is 15.7. The second-order valence-electron chi connectivity index (χ2n) is 6.45. The number of ether oxygens (including phenoxy) is 1. The third-order valence-electron chi connectivity index (χ3n) is 4.63. The summed E-state index contributed by atoms with van der Waals surface area (Å²) in [5, 5.41) is -0.401. The molecule has 1 fully saturated rings. The van der Waals surface area contributed by atoms with Crippen LogP contribution in [0, 0.1) is 0 Å². The Balaban J connectivity index is 1.84. The van der Waals surface area contributed by atoms with Gasteiger partial charge in [0.05, 0.1) is 36.0 Å². The number of hydrazine groups is 1. The minimum absolute atomic E-state index is 0.00410. The number of hydrogen-bond acceptors (Lipinski definition) is 6. The van der Waals surface area contributed by atoms with Crippen molar-refractivity contribution in [3.05, 3.63) is 42.2 Å². The first-order valence-corrected chi connectivity index (χ1v) is 10.2. The molecule has 1 saturated carbocycles. The molecule has 0 atom stereocenters. The third-order valence-corrected chi connectivity index (χ3v) is 6.73. The number of methoxy groups -OCH3 is 1. The Hall–Kier alpha value is -2.03. The minimum Gasteiger partial charge on any atom is -0.497 e. The zero-order valence-electron chi connectivity index (χ0n) is 14.8. The van der Waals surface area contributed by atoms with Crippen LogP contribution in [0.25, 0.3) is 11.4 Å². The molecule has 0 bridgehead atoms. The fourth-order valence-corrected chi connectivity index (χ4v) is 4.83. The Morgan fingerprint density at radius 1 is 1.19 bits per heavy atom. The lowest BCUT2D eigenvalue weighted by Gasteiger charge is -2.26. The van der Waals surface area contributed by atoms with Crippen molar-refractivity contribution in [1.82, 2.24) is 14.4 Å². The van der Waals surface area contributed by atoms with E-state index in [9.17, 15) is 8.42 Å². The van der Waals surface area contributed by atoms with Gasteiger partial charge in [-0.1, -0.05) is 25.3 Å². The standard InChI is InChI=1S/C18H24N4O3S/c1-25-15-11-14(21-18(12-15)17-9-5-6-10-20-17)13-22(19)26(23,24)16-7-3-2-4-8-16/h5-6,9-12,16H,2-4,7-8,13,19H2,1H3. The Bertz CT molecular complexity index is 837. The van der Waals surface area contributed by atoms with Gasteiger partial charge in [0.1, 0.15) is 5.75 Å². The van der Waals surface area contributed by atoms with Crippen molar-refractivity contribution in [2.24, 2.45) is 5.84 Å². The van der Waals surface area contributed by atoms with Crippen LogP contribution in [0.15, 0.2) is 36.5 Å². The van der Waals surface area contributed by atoms with Crippen molar-refractivity contribution in [2.75, 3.05) is 7.11 Å². The van der Waals surface area contributed by atoms with Crippen LogP contribution in [-0.2, 0) is 16.6 Å². The van der Waals surface area contributed by atoms with Crippen LogP contribution >= 0.6 is 0 Å². The topological polar surface area (TPSA) is 98.4 Å². The van der Waals surface area contributed by atoms with Crippen molar-refractivity contribution in [3.63, 3.8) is 0 Å². The molecule has 0 unspecified atom stereocenters. The van der Waals surface area contributed by atoms with Gasteiger partial charge in [0.15, 0.2) is 0 Å². The number of pyridine rings is 2. The SMILES string of the molecule is COc1cc(CN(N)S(=O)(=O)C2CCCCC2)nc(-c2ccccn2)c1. The molecule has 2 heterocycles. The molecule has 1 aliphatic carbocycles. The van der Waals surface area contributed by atoms with E-state index >= 15 is 0 Å². The molecule has 2 aromatic heterocycles. The molecule has 2 aromatic rings. The summed E-state index contributed by atoms with van der Waals surface area (Å²) in [6.45, 7) is -0.00410.